The summed E-state index contributed by atoms with van der Waals surface area (Å²) in [7, 11) is 0. The summed E-state index contributed by atoms with van der Waals surface area (Å²) < 4.78 is 62.5. The van der Waals surface area contributed by atoms with Crippen molar-refractivity contribution in [3.8, 4) is 5.75 Å². The molecule has 1 spiro atoms. The van der Waals surface area contributed by atoms with Crippen molar-refractivity contribution in [2.45, 2.75) is 18.2 Å². The Balaban J connectivity index is 1.94. The Kier molecular flexibility index (Phi) is 5.23. The van der Waals surface area contributed by atoms with Gasteiger partial charge < -0.3 is 10.5 Å². The van der Waals surface area contributed by atoms with Crippen LogP contribution in [0.25, 0.3) is 0 Å². The molecule has 1 amide bonds. The minimum atomic E-state index is -1.42. The summed E-state index contributed by atoms with van der Waals surface area (Å²) in [5.74, 6) is -4.47. The molecule has 10 heteroatoms. The van der Waals surface area contributed by atoms with Crippen molar-refractivity contribution in [1.29, 1.82) is 0 Å². The van der Waals surface area contributed by atoms with E-state index in [0.717, 1.165) is 41.0 Å². The third-order valence-corrected chi connectivity index (χ3v) is 6.64. The second-order valence-corrected chi connectivity index (χ2v) is 8.22. The number of hydrogen-bond acceptors (Lipinski definition) is 5. The summed E-state index contributed by atoms with van der Waals surface area (Å²) in [6, 6.07) is 4.63. The molecule has 0 aromatic heterocycles. The van der Waals surface area contributed by atoms with Gasteiger partial charge in [-0.1, -0.05) is 11.8 Å². The van der Waals surface area contributed by atoms with E-state index in [1.807, 2.05) is 0 Å². The van der Waals surface area contributed by atoms with Crippen LogP contribution in [0.1, 0.15) is 24.5 Å². The van der Waals surface area contributed by atoms with Gasteiger partial charge in [-0.2, -0.15) is 5.10 Å². The van der Waals surface area contributed by atoms with Crippen molar-refractivity contribution < 1.29 is 27.1 Å². The number of nitrogens with two attached hydrogens (primary N) is 1. The molecule has 2 heterocycles. The second-order valence-electron chi connectivity index (χ2n) is 7.01. The smallest absolute Gasteiger partial charge is 0.241 e. The van der Waals surface area contributed by atoms with E-state index in [2.05, 4.69) is 5.10 Å². The Morgan fingerprint density at radius 1 is 1.23 bits per heavy atom. The minimum Gasteiger partial charge on any atom is -0.490 e. The standard InChI is InChI=1S/C20H17F4N3O2S/c1-10(28)27-20(30-19(26-27)14-6-12(21)2-3-16(14)23)11(4-5-25)9-29-18-15(20)7-13(22)8-17(18)24/h2-3,6-8,11H,4-5,9,25H2,1H3/t11-,20?/m0/s1. The molecule has 30 heavy (non-hydrogen) atoms. The zero-order valence-corrected chi connectivity index (χ0v) is 16.6. The van der Waals surface area contributed by atoms with E-state index in [1.165, 1.54) is 6.92 Å². The number of fused-ring (bicyclic) bond motifs is 2. The molecule has 2 aliphatic rings. The van der Waals surface area contributed by atoms with Gasteiger partial charge in [-0.3, -0.25) is 4.79 Å². The highest BCUT2D eigenvalue weighted by molar-refractivity contribution is 8.15. The average molecular weight is 439 g/mol. The van der Waals surface area contributed by atoms with E-state index in [1.54, 1.807) is 0 Å². The average Bonchev–Trinajstić information content (AvgIpc) is 3.08. The predicted octanol–water partition coefficient (Wildman–Crippen LogP) is 3.71. The molecule has 2 N–H and O–H groups in total. The Hall–Kier alpha value is -2.59. The van der Waals surface area contributed by atoms with Crippen LogP contribution in [-0.2, 0) is 9.67 Å². The number of benzene rings is 2. The van der Waals surface area contributed by atoms with Gasteiger partial charge in [-0.25, -0.2) is 22.6 Å². The van der Waals surface area contributed by atoms with E-state index in [0.29, 0.717) is 12.5 Å². The first-order valence-electron chi connectivity index (χ1n) is 9.14. The van der Waals surface area contributed by atoms with Crippen molar-refractivity contribution in [2.75, 3.05) is 13.2 Å². The number of halogens is 4. The van der Waals surface area contributed by atoms with Gasteiger partial charge in [0.05, 0.1) is 6.61 Å². The Morgan fingerprint density at radius 2 is 2.00 bits per heavy atom. The summed E-state index contributed by atoms with van der Waals surface area (Å²) in [6.07, 6.45) is 0.336. The number of ether oxygens (including phenoxy) is 1. The van der Waals surface area contributed by atoms with Gasteiger partial charge in [-0.15, -0.1) is 0 Å². The third kappa shape index (κ3) is 3.14. The number of carbonyl (C=O) groups is 1. The van der Waals surface area contributed by atoms with E-state index in [9.17, 15) is 22.4 Å². The lowest BCUT2D eigenvalue weighted by molar-refractivity contribution is -0.134. The van der Waals surface area contributed by atoms with E-state index < -0.39 is 40.0 Å². The molecule has 2 aliphatic heterocycles. The highest BCUT2D eigenvalue weighted by atomic mass is 32.2. The highest BCUT2D eigenvalue weighted by Gasteiger charge is 2.57. The van der Waals surface area contributed by atoms with Gasteiger partial charge in [-0.05, 0) is 37.2 Å². The molecule has 1 unspecified atom stereocenters. The first kappa shape index (κ1) is 20.7. The molecule has 0 fully saturated rings. The Morgan fingerprint density at radius 3 is 2.70 bits per heavy atom. The zero-order valence-electron chi connectivity index (χ0n) is 15.8. The number of nitrogens with zero attached hydrogens (tertiary/aromatic N) is 2. The molecule has 0 saturated carbocycles. The molecule has 2 atom stereocenters. The fraction of sp³-hybridized carbons (Fsp3) is 0.300. The molecule has 2 aromatic rings. The zero-order chi connectivity index (χ0) is 21.6. The van der Waals surface area contributed by atoms with Crippen LogP contribution in [0.4, 0.5) is 17.6 Å². The first-order chi connectivity index (χ1) is 14.3. The number of hydrogen-bond donors (Lipinski definition) is 1. The van der Waals surface area contributed by atoms with Gasteiger partial charge in [0.25, 0.3) is 0 Å². The number of hydrazone groups is 1. The predicted molar refractivity (Wildman–Crippen MR) is 104 cm³/mol. The van der Waals surface area contributed by atoms with Crippen LogP contribution in [0.3, 0.4) is 0 Å². The fourth-order valence-corrected chi connectivity index (χ4v) is 5.40. The van der Waals surface area contributed by atoms with Gasteiger partial charge in [0.1, 0.15) is 22.5 Å². The van der Waals surface area contributed by atoms with Crippen molar-refractivity contribution >= 4 is 22.7 Å². The maximum atomic E-state index is 14.5. The molecule has 0 aliphatic carbocycles. The summed E-state index contributed by atoms with van der Waals surface area (Å²) in [5, 5.41) is 5.33. The van der Waals surface area contributed by atoms with Crippen molar-refractivity contribution in [1.82, 2.24) is 5.01 Å². The van der Waals surface area contributed by atoms with Crippen LogP contribution < -0.4 is 10.5 Å². The van der Waals surface area contributed by atoms with E-state index >= 15 is 0 Å². The van der Waals surface area contributed by atoms with Gasteiger partial charge in [0.15, 0.2) is 16.4 Å². The number of thioether (sulfide) groups is 1. The molecule has 0 bridgehead atoms. The summed E-state index contributed by atoms with van der Waals surface area (Å²) in [5.41, 5.74) is 5.64. The van der Waals surface area contributed by atoms with E-state index in [4.69, 9.17) is 10.5 Å². The molecule has 4 rings (SSSR count). The van der Waals surface area contributed by atoms with Crippen molar-refractivity contribution in [3.05, 3.63) is 64.7 Å². The quantitative estimate of drug-likeness (QED) is 0.741. The van der Waals surface area contributed by atoms with Crippen LogP contribution in [0.2, 0.25) is 0 Å². The molecule has 0 saturated heterocycles. The molecular formula is C20H17F4N3O2S. The second kappa shape index (κ2) is 7.59. The SMILES string of the molecule is CC(=O)N1N=C(c2cc(F)ccc2F)SC12c1cc(F)cc(F)c1OC[C@@H]2CCN. The number of rotatable bonds is 3. The number of amides is 1. The maximum Gasteiger partial charge on any atom is 0.241 e. The van der Waals surface area contributed by atoms with Crippen LogP contribution in [0, 0.1) is 29.2 Å². The maximum absolute atomic E-state index is 14.5. The van der Waals surface area contributed by atoms with E-state index in [-0.39, 0.29) is 35.1 Å². The van der Waals surface area contributed by atoms with Gasteiger partial charge in [0, 0.05) is 30.0 Å². The lowest BCUT2D eigenvalue weighted by Gasteiger charge is -2.45. The van der Waals surface area contributed by atoms with Crippen molar-refractivity contribution in [2.24, 2.45) is 16.8 Å². The molecule has 0 radical (unpaired) electrons. The molecule has 5 nitrogen and oxygen atoms in total. The molecular weight excluding hydrogens is 422 g/mol. The normalized spacial score (nSPS) is 22.7. The van der Waals surface area contributed by atoms with Crippen LogP contribution in [-0.4, -0.2) is 29.1 Å². The van der Waals surface area contributed by atoms with Gasteiger partial charge >= 0.3 is 0 Å². The summed E-state index contributed by atoms with van der Waals surface area (Å²) in [6.45, 7) is 1.43. The van der Waals surface area contributed by atoms with Crippen molar-refractivity contribution in [3.63, 3.8) is 0 Å². The molecule has 2 aromatic carbocycles. The minimum absolute atomic E-state index is 0.0155. The van der Waals surface area contributed by atoms with Gasteiger partial charge in [0.2, 0.25) is 5.91 Å². The van der Waals surface area contributed by atoms with Crippen LogP contribution >= 0.6 is 11.8 Å². The lowest BCUT2D eigenvalue weighted by atomic mass is 9.86. The topological polar surface area (TPSA) is 67.9 Å². The fourth-order valence-electron chi connectivity index (χ4n) is 3.85. The van der Waals surface area contributed by atoms with Crippen LogP contribution in [0.5, 0.6) is 5.75 Å². The molecule has 158 valence electrons. The third-order valence-electron chi connectivity index (χ3n) is 5.11. The van der Waals surface area contributed by atoms with Crippen LogP contribution in [0.15, 0.2) is 35.4 Å². The summed E-state index contributed by atoms with van der Waals surface area (Å²) in [4.78, 5) is 11.1. The first-order valence-corrected chi connectivity index (χ1v) is 9.95. The lowest BCUT2D eigenvalue weighted by Crippen LogP contribution is -2.51. The monoisotopic (exact) mass is 439 g/mol. The Bertz CT molecular complexity index is 1060. The number of carbonyl (C=O) groups excluding carboxylic acids is 1. The summed E-state index contributed by atoms with van der Waals surface area (Å²) >= 11 is 0.934. The highest BCUT2D eigenvalue weighted by Crippen LogP contribution is 2.58. The largest absolute Gasteiger partial charge is 0.490 e. The Labute approximate surface area is 173 Å².